The van der Waals surface area contributed by atoms with Crippen molar-refractivity contribution >= 4 is 21.6 Å². The highest BCUT2D eigenvalue weighted by molar-refractivity contribution is 7.89. The van der Waals surface area contributed by atoms with E-state index in [1.54, 1.807) is 19.2 Å². The number of sulfonamides is 1. The van der Waals surface area contributed by atoms with Crippen molar-refractivity contribution < 1.29 is 17.9 Å². The Morgan fingerprint density at radius 2 is 1.56 bits per heavy atom. The lowest BCUT2D eigenvalue weighted by Crippen LogP contribution is -2.50. The van der Waals surface area contributed by atoms with E-state index in [2.05, 4.69) is 36.9 Å². The molecule has 1 fully saturated rings. The first-order chi connectivity index (χ1) is 17.3. The summed E-state index contributed by atoms with van der Waals surface area (Å²) in [6.07, 6.45) is 0. The Hall–Kier alpha value is -3.36. The summed E-state index contributed by atoms with van der Waals surface area (Å²) in [5, 5.41) is 0. The summed E-state index contributed by atoms with van der Waals surface area (Å²) in [6, 6.07) is 22.0. The minimum Gasteiger partial charge on any atom is -0.484 e. The van der Waals surface area contributed by atoms with E-state index >= 15 is 0 Å². The summed E-state index contributed by atoms with van der Waals surface area (Å²) >= 11 is 0. The molecule has 0 radical (unpaired) electrons. The molecular formula is C28H33N3O4S. The van der Waals surface area contributed by atoms with Crippen LogP contribution in [0.25, 0.3) is 0 Å². The van der Waals surface area contributed by atoms with Crippen molar-refractivity contribution in [2.24, 2.45) is 0 Å². The molecule has 3 aromatic carbocycles. The standard InChI is InChI=1S/C28H33N3O4S/c1-22-8-7-11-27(23(22)2)30-16-18-31(19-17-30)28(32)21-35-25-12-14-26(15-13-25)36(33,34)29(3)20-24-9-5-4-6-10-24/h4-15H,16-21H2,1-3H3. The quantitative estimate of drug-likeness (QED) is 0.463. The Bertz CT molecular complexity index is 1290. The fraction of sp³-hybridized carbons (Fsp3) is 0.321. The van der Waals surface area contributed by atoms with Gasteiger partial charge in [-0.2, -0.15) is 4.31 Å². The smallest absolute Gasteiger partial charge is 0.260 e. The van der Waals surface area contributed by atoms with Crippen molar-refractivity contribution in [3.8, 4) is 5.75 Å². The van der Waals surface area contributed by atoms with Gasteiger partial charge in [-0.1, -0.05) is 42.5 Å². The predicted molar refractivity (Wildman–Crippen MR) is 142 cm³/mol. The number of benzene rings is 3. The highest BCUT2D eigenvalue weighted by atomic mass is 32.2. The van der Waals surface area contributed by atoms with Gasteiger partial charge < -0.3 is 14.5 Å². The van der Waals surface area contributed by atoms with Crippen molar-refractivity contribution in [3.63, 3.8) is 0 Å². The largest absolute Gasteiger partial charge is 0.484 e. The van der Waals surface area contributed by atoms with E-state index in [9.17, 15) is 13.2 Å². The molecular weight excluding hydrogens is 474 g/mol. The van der Waals surface area contributed by atoms with Crippen LogP contribution in [0.1, 0.15) is 16.7 Å². The molecule has 8 heteroatoms. The summed E-state index contributed by atoms with van der Waals surface area (Å²) in [7, 11) is -2.08. The van der Waals surface area contributed by atoms with Gasteiger partial charge in [-0.05, 0) is 60.9 Å². The molecule has 1 aliphatic heterocycles. The molecule has 36 heavy (non-hydrogen) atoms. The van der Waals surface area contributed by atoms with Crippen LogP contribution in [0.5, 0.6) is 5.75 Å². The van der Waals surface area contributed by atoms with Crippen LogP contribution in [0.4, 0.5) is 5.69 Å². The lowest BCUT2D eigenvalue weighted by Gasteiger charge is -2.37. The first kappa shape index (κ1) is 25.7. The Labute approximate surface area is 214 Å². The van der Waals surface area contributed by atoms with Gasteiger partial charge >= 0.3 is 0 Å². The Morgan fingerprint density at radius 1 is 0.889 bits per heavy atom. The molecule has 0 unspecified atom stereocenters. The molecule has 4 rings (SSSR count). The third-order valence-electron chi connectivity index (χ3n) is 6.69. The van der Waals surface area contributed by atoms with Crippen molar-refractivity contribution in [2.75, 3.05) is 44.7 Å². The molecule has 0 atom stereocenters. The Kier molecular flexibility index (Phi) is 7.96. The third kappa shape index (κ3) is 5.88. The summed E-state index contributed by atoms with van der Waals surface area (Å²) in [4.78, 5) is 17.0. The first-order valence-corrected chi connectivity index (χ1v) is 13.5. The number of nitrogens with zero attached hydrogens (tertiary/aromatic N) is 3. The number of ether oxygens (including phenoxy) is 1. The van der Waals surface area contributed by atoms with E-state index in [1.165, 1.54) is 33.3 Å². The molecule has 1 heterocycles. The fourth-order valence-corrected chi connectivity index (χ4v) is 5.48. The van der Waals surface area contributed by atoms with Crippen LogP contribution in [0.15, 0.2) is 77.7 Å². The molecule has 3 aromatic rings. The van der Waals surface area contributed by atoms with E-state index in [4.69, 9.17) is 4.74 Å². The van der Waals surface area contributed by atoms with Crippen LogP contribution in [0.3, 0.4) is 0 Å². The zero-order valence-corrected chi connectivity index (χ0v) is 21.9. The molecule has 1 aliphatic rings. The summed E-state index contributed by atoms with van der Waals surface area (Å²) < 4.78 is 32.8. The van der Waals surface area contributed by atoms with Gasteiger partial charge in [-0.3, -0.25) is 4.79 Å². The van der Waals surface area contributed by atoms with Crippen LogP contribution in [-0.2, 0) is 21.4 Å². The molecule has 0 aliphatic carbocycles. The van der Waals surface area contributed by atoms with Crippen LogP contribution in [0.2, 0.25) is 0 Å². The van der Waals surface area contributed by atoms with Gasteiger partial charge in [-0.15, -0.1) is 0 Å². The molecule has 0 aromatic heterocycles. The zero-order chi connectivity index (χ0) is 25.7. The highest BCUT2D eigenvalue weighted by Gasteiger charge is 2.23. The third-order valence-corrected chi connectivity index (χ3v) is 8.51. The lowest BCUT2D eigenvalue weighted by molar-refractivity contribution is -0.133. The second kappa shape index (κ2) is 11.1. The minimum atomic E-state index is -3.64. The molecule has 1 saturated heterocycles. The van der Waals surface area contributed by atoms with Crippen LogP contribution in [-0.4, -0.2) is 63.4 Å². The van der Waals surface area contributed by atoms with Gasteiger partial charge in [0.15, 0.2) is 6.61 Å². The van der Waals surface area contributed by atoms with Gasteiger partial charge in [-0.25, -0.2) is 8.42 Å². The number of carbonyl (C=O) groups excluding carboxylic acids is 1. The maximum Gasteiger partial charge on any atom is 0.260 e. The zero-order valence-electron chi connectivity index (χ0n) is 21.1. The Balaban J connectivity index is 1.28. The molecule has 190 valence electrons. The number of piperazine rings is 1. The summed E-state index contributed by atoms with van der Waals surface area (Å²) in [5.74, 6) is 0.386. The highest BCUT2D eigenvalue weighted by Crippen LogP contribution is 2.24. The van der Waals surface area contributed by atoms with Crippen molar-refractivity contribution in [1.82, 2.24) is 9.21 Å². The number of hydrogen-bond donors (Lipinski definition) is 0. The molecule has 7 nitrogen and oxygen atoms in total. The molecule has 0 bridgehead atoms. The molecule has 0 spiro atoms. The average molecular weight is 508 g/mol. The van der Waals surface area contributed by atoms with E-state index in [-0.39, 0.29) is 24.0 Å². The van der Waals surface area contributed by atoms with Crippen molar-refractivity contribution in [1.29, 1.82) is 0 Å². The molecule has 0 N–H and O–H groups in total. The SMILES string of the molecule is Cc1cccc(N2CCN(C(=O)COc3ccc(S(=O)(=O)N(C)Cc4ccccc4)cc3)CC2)c1C. The second-order valence-corrected chi connectivity index (χ2v) is 11.1. The van der Waals surface area contributed by atoms with Gasteiger partial charge in [0.2, 0.25) is 10.0 Å². The first-order valence-electron chi connectivity index (χ1n) is 12.1. The number of amides is 1. The summed E-state index contributed by atoms with van der Waals surface area (Å²) in [5.41, 5.74) is 4.68. The van der Waals surface area contributed by atoms with Crippen molar-refractivity contribution in [3.05, 3.63) is 89.5 Å². The normalized spacial score (nSPS) is 14.2. The van der Waals surface area contributed by atoms with E-state index in [1.807, 2.05) is 35.2 Å². The number of hydrogen-bond acceptors (Lipinski definition) is 5. The van der Waals surface area contributed by atoms with Gasteiger partial charge in [0.25, 0.3) is 5.91 Å². The van der Waals surface area contributed by atoms with Gasteiger partial charge in [0.1, 0.15) is 5.75 Å². The maximum atomic E-state index is 12.9. The van der Waals surface area contributed by atoms with E-state index < -0.39 is 10.0 Å². The number of carbonyl (C=O) groups is 1. The van der Waals surface area contributed by atoms with Gasteiger partial charge in [0.05, 0.1) is 4.90 Å². The van der Waals surface area contributed by atoms with Crippen LogP contribution >= 0.6 is 0 Å². The molecule has 0 saturated carbocycles. The number of aryl methyl sites for hydroxylation is 1. The average Bonchev–Trinajstić information content (AvgIpc) is 2.90. The van der Waals surface area contributed by atoms with Gasteiger partial charge in [0, 0.05) is 45.5 Å². The number of rotatable bonds is 8. The Morgan fingerprint density at radius 3 is 2.22 bits per heavy atom. The van der Waals surface area contributed by atoms with Crippen LogP contribution < -0.4 is 9.64 Å². The number of anilines is 1. The second-order valence-electron chi connectivity index (χ2n) is 9.09. The summed E-state index contributed by atoms with van der Waals surface area (Å²) in [6.45, 7) is 7.28. The topological polar surface area (TPSA) is 70.2 Å². The van der Waals surface area contributed by atoms with Crippen molar-refractivity contribution in [2.45, 2.75) is 25.3 Å². The lowest BCUT2D eigenvalue weighted by atomic mass is 10.1. The van der Waals surface area contributed by atoms with E-state index in [0.717, 1.165) is 18.7 Å². The van der Waals surface area contributed by atoms with E-state index in [0.29, 0.717) is 18.8 Å². The maximum absolute atomic E-state index is 12.9. The fourth-order valence-electron chi connectivity index (χ4n) is 4.32. The van der Waals surface area contributed by atoms with Crippen LogP contribution in [0, 0.1) is 13.8 Å². The minimum absolute atomic E-state index is 0.0742. The predicted octanol–water partition coefficient (Wildman–Crippen LogP) is 3.85. The monoisotopic (exact) mass is 507 g/mol. The molecule has 1 amide bonds.